The first-order valence-corrected chi connectivity index (χ1v) is 5.06. The molecule has 1 aromatic heterocycles. The average molecular weight is 181 g/mol. The standard InChI is InChI=1S/C10H19N3/c1-4-6-11-10-12-7-8-13(10)9(3)5-2/h7-9H,4-6H2,1-3H3,(H,11,12). The van der Waals surface area contributed by atoms with Crippen molar-refractivity contribution in [3.05, 3.63) is 12.4 Å². The fourth-order valence-corrected chi connectivity index (χ4v) is 1.24. The molecule has 0 bridgehead atoms. The average Bonchev–Trinajstić information content (AvgIpc) is 2.61. The molecule has 0 saturated heterocycles. The monoisotopic (exact) mass is 181 g/mol. The van der Waals surface area contributed by atoms with Gasteiger partial charge in [0.2, 0.25) is 5.95 Å². The topological polar surface area (TPSA) is 29.9 Å². The van der Waals surface area contributed by atoms with Crippen LogP contribution in [0.4, 0.5) is 5.95 Å². The van der Waals surface area contributed by atoms with Gasteiger partial charge in [-0.2, -0.15) is 0 Å². The molecule has 1 atom stereocenters. The Morgan fingerprint density at radius 1 is 1.54 bits per heavy atom. The SMILES string of the molecule is CCCNc1nccn1C(C)CC. The van der Waals surface area contributed by atoms with E-state index >= 15 is 0 Å². The fraction of sp³-hybridized carbons (Fsp3) is 0.700. The van der Waals surface area contributed by atoms with Crippen molar-refractivity contribution in [2.45, 2.75) is 39.7 Å². The molecule has 1 unspecified atom stereocenters. The van der Waals surface area contributed by atoms with Crippen LogP contribution in [-0.2, 0) is 0 Å². The van der Waals surface area contributed by atoms with E-state index in [-0.39, 0.29) is 0 Å². The third-order valence-electron chi connectivity index (χ3n) is 2.27. The molecule has 0 aromatic carbocycles. The zero-order valence-electron chi connectivity index (χ0n) is 8.75. The first-order chi connectivity index (χ1) is 6.29. The molecular formula is C10H19N3. The fourth-order valence-electron chi connectivity index (χ4n) is 1.24. The molecule has 0 aliphatic rings. The maximum Gasteiger partial charge on any atom is 0.203 e. The Morgan fingerprint density at radius 2 is 2.31 bits per heavy atom. The molecule has 0 aliphatic heterocycles. The third-order valence-corrected chi connectivity index (χ3v) is 2.27. The summed E-state index contributed by atoms with van der Waals surface area (Å²) in [5.41, 5.74) is 0. The van der Waals surface area contributed by atoms with E-state index in [2.05, 4.69) is 35.6 Å². The molecule has 3 nitrogen and oxygen atoms in total. The van der Waals surface area contributed by atoms with Gasteiger partial charge in [0.1, 0.15) is 0 Å². The van der Waals surface area contributed by atoms with Crippen molar-refractivity contribution >= 4 is 5.95 Å². The lowest BCUT2D eigenvalue weighted by atomic mass is 10.2. The van der Waals surface area contributed by atoms with Crippen LogP contribution in [0.5, 0.6) is 0 Å². The van der Waals surface area contributed by atoms with Crippen molar-refractivity contribution in [2.24, 2.45) is 0 Å². The maximum absolute atomic E-state index is 4.27. The largest absolute Gasteiger partial charge is 0.356 e. The van der Waals surface area contributed by atoms with Crippen LogP contribution < -0.4 is 5.32 Å². The normalized spacial score (nSPS) is 12.8. The lowest BCUT2D eigenvalue weighted by Gasteiger charge is -2.14. The number of imidazole rings is 1. The third kappa shape index (κ3) is 2.47. The van der Waals surface area contributed by atoms with Gasteiger partial charge in [0.05, 0.1) is 0 Å². The van der Waals surface area contributed by atoms with Crippen molar-refractivity contribution in [3.63, 3.8) is 0 Å². The highest BCUT2D eigenvalue weighted by Gasteiger charge is 2.06. The predicted molar refractivity (Wildman–Crippen MR) is 56.0 cm³/mol. The summed E-state index contributed by atoms with van der Waals surface area (Å²) in [5.74, 6) is 0.996. The molecule has 74 valence electrons. The van der Waals surface area contributed by atoms with Crippen LogP contribution in [0.25, 0.3) is 0 Å². The summed E-state index contributed by atoms with van der Waals surface area (Å²) in [6.07, 6.45) is 6.15. The van der Waals surface area contributed by atoms with E-state index in [4.69, 9.17) is 0 Å². The molecule has 0 amide bonds. The molecule has 0 spiro atoms. The quantitative estimate of drug-likeness (QED) is 0.756. The molecule has 1 N–H and O–H groups in total. The second kappa shape index (κ2) is 4.90. The van der Waals surface area contributed by atoms with Crippen molar-refractivity contribution < 1.29 is 0 Å². The summed E-state index contributed by atoms with van der Waals surface area (Å²) in [5, 5.41) is 3.31. The maximum atomic E-state index is 4.27. The van der Waals surface area contributed by atoms with Crippen molar-refractivity contribution in [2.75, 3.05) is 11.9 Å². The highest BCUT2D eigenvalue weighted by atomic mass is 15.2. The Bertz CT molecular complexity index is 242. The van der Waals surface area contributed by atoms with Gasteiger partial charge in [0.25, 0.3) is 0 Å². The van der Waals surface area contributed by atoms with Crippen LogP contribution in [0.1, 0.15) is 39.7 Å². The van der Waals surface area contributed by atoms with Gasteiger partial charge >= 0.3 is 0 Å². The van der Waals surface area contributed by atoms with Crippen LogP contribution in [0.15, 0.2) is 12.4 Å². The van der Waals surface area contributed by atoms with Crippen LogP contribution in [0.3, 0.4) is 0 Å². The van der Waals surface area contributed by atoms with E-state index in [0.29, 0.717) is 6.04 Å². The Morgan fingerprint density at radius 3 is 2.92 bits per heavy atom. The lowest BCUT2D eigenvalue weighted by Crippen LogP contribution is -2.10. The van der Waals surface area contributed by atoms with Crippen molar-refractivity contribution in [3.8, 4) is 0 Å². The zero-order valence-corrected chi connectivity index (χ0v) is 8.75. The number of hydrogen-bond acceptors (Lipinski definition) is 2. The van der Waals surface area contributed by atoms with Gasteiger partial charge in [-0.25, -0.2) is 4.98 Å². The molecule has 0 saturated carbocycles. The smallest absolute Gasteiger partial charge is 0.203 e. The molecule has 13 heavy (non-hydrogen) atoms. The van der Waals surface area contributed by atoms with Crippen molar-refractivity contribution in [1.29, 1.82) is 0 Å². The van der Waals surface area contributed by atoms with Gasteiger partial charge in [-0.05, 0) is 19.8 Å². The molecule has 1 rings (SSSR count). The lowest BCUT2D eigenvalue weighted by molar-refractivity contribution is 0.535. The molecular weight excluding hydrogens is 162 g/mol. The summed E-state index contributed by atoms with van der Waals surface area (Å²) in [6, 6.07) is 0.529. The molecule has 0 radical (unpaired) electrons. The summed E-state index contributed by atoms with van der Waals surface area (Å²) < 4.78 is 2.19. The number of aromatic nitrogens is 2. The number of nitrogens with one attached hydrogen (secondary N) is 1. The second-order valence-electron chi connectivity index (χ2n) is 3.34. The molecule has 1 heterocycles. The van der Waals surface area contributed by atoms with Gasteiger partial charge in [-0.1, -0.05) is 13.8 Å². The van der Waals surface area contributed by atoms with Crippen LogP contribution in [-0.4, -0.2) is 16.1 Å². The van der Waals surface area contributed by atoms with Gasteiger partial charge in [0.15, 0.2) is 0 Å². The minimum absolute atomic E-state index is 0.529. The van der Waals surface area contributed by atoms with Gasteiger partial charge < -0.3 is 9.88 Å². The Balaban J connectivity index is 2.65. The number of nitrogens with zero attached hydrogens (tertiary/aromatic N) is 2. The van der Waals surface area contributed by atoms with Gasteiger partial charge in [0, 0.05) is 25.0 Å². The van der Waals surface area contributed by atoms with Crippen LogP contribution in [0, 0.1) is 0 Å². The highest BCUT2D eigenvalue weighted by Crippen LogP contribution is 2.15. The first kappa shape index (κ1) is 10.1. The molecule has 3 heteroatoms. The zero-order chi connectivity index (χ0) is 9.68. The van der Waals surface area contributed by atoms with Gasteiger partial charge in [-0.3, -0.25) is 0 Å². The first-order valence-electron chi connectivity index (χ1n) is 5.06. The van der Waals surface area contributed by atoms with E-state index in [1.807, 2.05) is 12.4 Å². The Kier molecular flexibility index (Phi) is 3.80. The second-order valence-corrected chi connectivity index (χ2v) is 3.34. The molecule has 0 aliphatic carbocycles. The van der Waals surface area contributed by atoms with Gasteiger partial charge in [-0.15, -0.1) is 0 Å². The van der Waals surface area contributed by atoms with E-state index in [0.717, 1.165) is 25.3 Å². The number of anilines is 1. The summed E-state index contributed by atoms with van der Waals surface area (Å²) in [7, 11) is 0. The number of rotatable bonds is 5. The van der Waals surface area contributed by atoms with E-state index in [1.165, 1.54) is 0 Å². The summed E-state index contributed by atoms with van der Waals surface area (Å²) in [4.78, 5) is 4.27. The predicted octanol–water partition coefficient (Wildman–Crippen LogP) is 2.68. The molecule has 0 fully saturated rings. The Hall–Kier alpha value is -0.990. The summed E-state index contributed by atoms with van der Waals surface area (Å²) >= 11 is 0. The number of hydrogen-bond donors (Lipinski definition) is 1. The Labute approximate surface area is 80.2 Å². The highest BCUT2D eigenvalue weighted by molar-refractivity contribution is 5.26. The van der Waals surface area contributed by atoms with Crippen molar-refractivity contribution in [1.82, 2.24) is 9.55 Å². The minimum atomic E-state index is 0.529. The van der Waals surface area contributed by atoms with E-state index in [9.17, 15) is 0 Å². The minimum Gasteiger partial charge on any atom is -0.356 e. The van der Waals surface area contributed by atoms with Crippen LogP contribution >= 0.6 is 0 Å². The van der Waals surface area contributed by atoms with E-state index in [1.54, 1.807) is 0 Å². The van der Waals surface area contributed by atoms with Crippen LogP contribution in [0.2, 0.25) is 0 Å². The molecule has 1 aromatic rings. The summed E-state index contributed by atoms with van der Waals surface area (Å²) in [6.45, 7) is 7.55. The van der Waals surface area contributed by atoms with E-state index < -0.39 is 0 Å².